The number of methoxy groups -OCH3 is 1. The first-order valence-electron chi connectivity index (χ1n) is 11.3. The van der Waals surface area contributed by atoms with E-state index in [-0.39, 0.29) is 17.7 Å². The summed E-state index contributed by atoms with van der Waals surface area (Å²) >= 11 is 0. The van der Waals surface area contributed by atoms with Gasteiger partial charge in [-0.05, 0) is 49.6 Å². The maximum atomic E-state index is 13.4. The van der Waals surface area contributed by atoms with Gasteiger partial charge >= 0.3 is 0 Å². The molecule has 0 aliphatic carbocycles. The number of aryl methyl sites for hydroxylation is 1. The van der Waals surface area contributed by atoms with Crippen molar-refractivity contribution >= 4 is 11.8 Å². The first kappa shape index (κ1) is 22.5. The number of pyridine rings is 1. The van der Waals surface area contributed by atoms with Gasteiger partial charge in [0.05, 0.1) is 24.3 Å². The van der Waals surface area contributed by atoms with Crippen LogP contribution in [0.15, 0.2) is 66.9 Å². The number of ether oxygens (including phenoxy) is 1. The van der Waals surface area contributed by atoms with E-state index in [0.29, 0.717) is 30.9 Å². The number of rotatable bonds is 6. The van der Waals surface area contributed by atoms with Crippen LogP contribution in [0.1, 0.15) is 34.3 Å². The Morgan fingerprint density at radius 3 is 2.58 bits per heavy atom. The maximum Gasteiger partial charge on any atom is 0.256 e. The van der Waals surface area contributed by atoms with Crippen molar-refractivity contribution in [1.82, 2.24) is 15.2 Å². The van der Waals surface area contributed by atoms with E-state index in [4.69, 9.17) is 4.74 Å². The quantitative estimate of drug-likeness (QED) is 0.619. The van der Waals surface area contributed by atoms with Crippen LogP contribution in [0.5, 0.6) is 5.75 Å². The zero-order valence-corrected chi connectivity index (χ0v) is 19.1. The molecule has 3 aromatic rings. The highest BCUT2D eigenvalue weighted by atomic mass is 16.5. The zero-order chi connectivity index (χ0) is 23.2. The van der Waals surface area contributed by atoms with Crippen molar-refractivity contribution < 1.29 is 14.3 Å². The Balaban J connectivity index is 1.42. The Morgan fingerprint density at radius 2 is 1.85 bits per heavy atom. The van der Waals surface area contributed by atoms with E-state index in [9.17, 15) is 9.59 Å². The zero-order valence-electron chi connectivity index (χ0n) is 19.1. The predicted molar refractivity (Wildman–Crippen MR) is 128 cm³/mol. The van der Waals surface area contributed by atoms with Gasteiger partial charge in [0.15, 0.2) is 0 Å². The number of piperidine rings is 1. The molecule has 0 radical (unpaired) electrons. The standard InChI is InChI=1S/C27H29N3O3/c1-19-7-11-21(12-8-19)25-24(6-3-15-28-25)27(32)30-16-4-5-22(18-30)26(31)29-17-20-9-13-23(33-2)14-10-20/h3,6-15,22H,4-5,16-18H2,1-2H3,(H,29,31). The molecule has 2 aromatic carbocycles. The Labute approximate surface area is 194 Å². The van der Waals surface area contributed by atoms with Crippen LogP contribution in [-0.4, -0.2) is 41.9 Å². The molecule has 1 fully saturated rings. The van der Waals surface area contributed by atoms with Gasteiger partial charge in [0, 0.05) is 31.4 Å². The average Bonchev–Trinajstić information content (AvgIpc) is 2.87. The second-order valence-electron chi connectivity index (χ2n) is 8.42. The molecule has 1 aromatic heterocycles. The molecule has 0 spiro atoms. The highest BCUT2D eigenvalue weighted by molar-refractivity contribution is 6.00. The maximum absolute atomic E-state index is 13.4. The van der Waals surface area contributed by atoms with Crippen LogP contribution in [0, 0.1) is 12.8 Å². The van der Waals surface area contributed by atoms with E-state index < -0.39 is 0 Å². The van der Waals surface area contributed by atoms with Crippen molar-refractivity contribution in [3.63, 3.8) is 0 Å². The summed E-state index contributed by atoms with van der Waals surface area (Å²) in [4.78, 5) is 32.5. The van der Waals surface area contributed by atoms with Crippen LogP contribution < -0.4 is 10.1 Å². The number of amides is 2. The lowest BCUT2D eigenvalue weighted by Gasteiger charge is -2.32. The minimum atomic E-state index is -0.222. The fraction of sp³-hybridized carbons (Fsp3) is 0.296. The van der Waals surface area contributed by atoms with Gasteiger partial charge in [-0.25, -0.2) is 0 Å². The van der Waals surface area contributed by atoms with E-state index in [1.54, 1.807) is 24.3 Å². The second-order valence-corrected chi connectivity index (χ2v) is 8.42. The molecule has 0 saturated carbocycles. The topological polar surface area (TPSA) is 71.5 Å². The van der Waals surface area contributed by atoms with Gasteiger partial charge in [-0.15, -0.1) is 0 Å². The predicted octanol–water partition coefficient (Wildman–Crippen LogP) is 4.23. The molecule has 2 heterocycles. The molecule has 170 valence electrons. The monoisotopic (exact) mass is 443 g/mol. The van der Waals surface area contributed by atoms with Crippen molar-refractivity contribution in [2.24, 2.45) is 5.92 Å². The van der Waals surface area contributed by atoms with E-state index >= 15 is 0 Å². The summed E-state index contributed by atoms with van der Waals surface area (Å²) in [5.74, 6) is 0.465. The molecule has 1 N–H and O–H groups in total. The molecule has 2 amide bonds. The van der Waals surface area contributed by atoms with E-state index in [0.717, 1.165) is 35.3 Å². The average molecular weight is 444 g/mol. The van der Waals surface area contributed by atoms with Gasteiger partial charge in [0.2, 0.25) is 5.91 Å². The minimum absolute atomic E-state index is 0.0201. The number of carbonyl (C=O) groups is 2. The van der Waals surface area contributed by atoms with Gasteiger partial charge < -0.3 is 15.0 Å². The first-order valence-corrected chi connectivity index (χ1v) is 11.3. The number of carbonyl (C=O) groups excluding carboxylic acids is 2. The Kier molecular flexibility index (Phi) is 7.03. The number of benzene rings is 2. The lowest BCUT2D eigenvalue weighted by atomic mass is 9.95. The largest absolute Gasteiger partial charge is 0.497 e. The molecule has 6 heteroatoms. The summed E-state index contributed by atoms with van der Waals surface area (Å²) in [5.41, 5.74) is 4.32. The summed E-state index contributed by atoms with van der Waals surface area (Å²) in [7, 11) is 1.63. The normalized spacial score (nSPS) is 15.7. The number of hydrogen-bond donors (Lipinski definition) is 1. The van der Waals surface area contributed by atoms with Gasteiger partial charge in [-0.3, -0.25) is 14.6 Å². The third-order valence-corrected chi connectivity index (χ3v) is 6.07. The van der Waals surface area contributed by atoms with Gasteiger partial charge in [0.1, 0.15) is 5.75 Å². The van der Waals surface area contributed by atoms with E-state index in [1.165, 1.54) is 0 Å². The third-order valence-electron chi connectivity index (χ3n) is 6.07. The van der Waals surface area contributed by atoms with Crippen LogP contribution in [0.2, 0.25) is 0 Å². The molecular weight excluding hydrogens is 414 g/mol. The Hall–Kier alpha value is -3.67. The van der Waals surface area contributed by atoms with Gasteiger partial charge in [0.25, 0.3) is 5.91 Å². The summed E-state index contributed by atoms with van der Waals surface area (Å²) in [6.45, 7) is 3.54. The third kappa shape index (κ3) is 5.40. The molecular formula is C27H29N3O3. The van der Waals surface area contributed by atoms with E-state index in [2.05, 4.69) is 10.3 Å². The van der Waals surface area contributed by atoms with Crippen molar-refractivity contribution in [1.29, 1.82) is 0 Å². The lowest BCUT2D eigenvalue weighted by molar-refractivity contribution is -0.126. The fourth-order valence-electron chi connectivity index (χ4n) is 4.14. The first-order chi connectivity index (χ1) is 16.0. The molecule has 1 atom stereocenters. The molecule has 0 bridgehead atoms. The lowest BCUT2D eigenvalue weighted by Crippen LogP contribution is -2.45. The van der Waals surface area contributed by atoms with Gasteiger partial charge in [-0.2, -0.15) is 0 Å². The molecule has 1 saturated heterocycles. The smallest absolute Gasteiger partial charge is 0.256 e. The SMILES string of the molecule is COc1ccc(CNC(=O)C2CCCN(C(=O)c3cccnc3-c3ccc(C)cc3)C2)cc1. The number of aromatic nitrogens is 1. The van der Waals surface area contributed by atoms with Crippen LogP contribution in [-0.2, 0) is 11.3 Å². The van der Waals surface area contributed by atoms with Crippen LogP contribution in [0.4, 0.5) is 0 Å². The molecule has 1 unspecified atom stereocenters. The van der Waals surface area contributed by atoms with Gasteiger partial charge in [-0.1, -0.05) is 42.0 Å². The van der Waals surface area contributed by atoms with Crippen molar-refractivity contribution in [2.45, 2.75) is 26.3 Å². The number of likely N-dealkylation sites (tertiary alicyclic amines) is 1. The fourth-order valence-corrected chi connectivity index (χ4v) is 4.14. The van der Waals surface area contributed by atoms with Crippen LogP contribution in [0.25, 0.3) is 11.3 Å². The summed E-state index contributed by atoms with van der Waals surface area (Å²) in [6, 6.07) is 19.2. The second kappa shape index (κ2) is 10.3. The number of hydrogen-bond acceptors (Lipinski definition) is 4. The molecule has 1 aliphatic rings. The summed E-state index contributed by atoms with van der Waals surface area (Å²) in [6.07, 6.45) is 3.28. The van der Waals surface area contributed by atoms with Crippen molar-refractivity contribution in [3.05, 3.63) is 83.6 Å². The summed E-state index contributed by atoms with van der Waals surface area (Å²) < 4.78 is 5.17. The number of nitrogens with zero attached hydrogens (tertiary/aromatic N) is 2. The highest BCUT2D eigenvalue weighted by Gasteiger charge is 2.30. The summed E-state index contributed by atoms with van der Waals surface area (Å²) in [5, 5.41) is 3.02. The highest BCUT2D eigenvalue weighted by Crippen LogP contribution is 2.25. The van der Waals surface area contributed by atoms with Crippen LogP contribution >= 0.6 is 0 Å². The van der Waals surface area contributed by atoms with Crippen LogP contribution in [0.3, 0.4) is 0 Å². The molecule has 33 heavy (non-hydrogen) atoms. The molecule has 6 nitrogen and oxygen atoms in total. The van der Waals surface area contributed by atoms with Crippen molar-refractivity contribution in [2.75, 3.05) is 20.2 Å². The van der Waals surface area contributed by atoms with E-state index in [1.807, 2.05) is 61.5 Å². The molecule has 1 aliphatic heterocycles. The van der Waals surface area contributed by atoms with Crippen molar-refractivity contribution in [3.8, 4) is 17.0 Å². The molecule has 4 rings (SSSR count). The minimum Gasteiger partial charge on any atom is -0.497 e. The Bertz CT molecular complexity index is 1110. The Morgan fingerprint density at radius 1 is 1.09 bits per heavy atom. The number of nitrogens with one attached hydrogen (secondary N) is 1.